The van der Waals surface area contributed by atoms with Gasteiger partial charge in [0.1, 0.15) is 17.5 Å². The van der Waals surface area contributed by atoms with Gasteiger partial charge in [0, 0.05) is 30.8 Å². The van der Waals surface area contributed by atoms with Crippen molar-refractivity contribution in [1.29, 1.82) is 0 Å². The van der Waals surface area contributed by atoms with Gasteiger partial charge in [0.15, 0.2) is 0 Å². The van der Waals surface area contributed by atoms with Crippen LogP contribution in [0.2, 0.25) is 0 Å². The fourth-order valence-corrected chi connectivity index (χ4v) is 3.67. The molecule has 2 aromatic rings. The van der Waals surface area contributed by atoms with Gasteiger partial charge >= 0.3 is 0 Å². The molecular formula is C18H18BrN3O6. The zero-order chi connectivity index (χ0) is 20.8. The van der Waals surface area contributed by atoms with Crippen molar-refractivity contribution in [1.82, 2.24) is 4.57 Å². The van der Waals surface area contributed by atoms with Crippen molar-refractivity contribution in [2.24, 2.45) is 0 Å². The highest BCUT2D eigenvalue weighted by atomic mass is 79.9. The zero-order valence-electron chi connectivity index (χ0n) is 15.3. The molecule has 1 aromatic heterocycles. The number of benzene rings is 1. The number of ether oxygens (including phenoxy) is 1. The molecule has 9 nitrogen and oxygen atoms in total. The second kappa shape index (κ2) is 7.02. The van der Waals surface area contributed by atoms with E-state index < -0.39 is 28.2 Å². The maximum Gasteiger partial charge on any atom is 0.270 e. The minimum atomic E-state index is -1.20. The second-order valence-electron chi connectivity index (χ2n) is 7.04. The Hall–Kier alpha value is -2.72. The van der Waals surface area contributed by atoms with Crippen LogP contribution in [0.1, 0.15) is 32.4 Å². The van der Waals surface area contributed by atoms with Crippen LogP contribution >= 0.6 is 15.9 Å². The number of nitrogens with zero attached hydrogens (tertiary/aromatic N) is 2. The van der Waals surface area contributed by atoms with Gasteiger partial charge in [0.2, 0.25) is 5.91 Å². The van der Waals surface area contributed by atoms with Crippen molar-refractivity contribution >= 4 is 33.2 Å². The number of fused-ring (bicyclic) bond motifs is 1. The summed E-state index contributed by atoms with van der Waals surface area (Å²) in [4.78, 5) is 34.9. The fraction of sp³-hybridized carbons (Fsp3) is 0.333. The highest BCUT2D eigenvalue weighted by Crippen LogP contribution is 2.43. The number of amides is 1. The van der Waals surface area contributed by atoms with E-state index >= 15 is 0 Å². The summed E-state index contributed by atoms with van der Waals surface area (Å²) in [6.45, 7) is 4.65. The SMILES string of the molecule is CC(=O)Nc1cc(Br)c(=O)n(C2c3cc([N+](=O)[O-])ccc3OC(C)(C)C2O)c1. The van der Waals surface area contributed by atoms with Crippen LogP contribution in [0.4, 0.5) is 11.4 Å². The molecule has 3 rings (SSSR count). The predicted molar refractivity (Wildman–Crippen MR) is 105 cm³/mol. The minimum Gasteiger partial charge on any atom is -0.485 e. The lowest BCUT2D eigenvalue weighted by Crippen LogP contribution is -2.52. The summed E-state index contributed by atoms with van der Waals surface area (Å²) in [7, 11) is 0. The highest BCUT2D eigenvalue weighted by Gasteiger charge is 2.45. The molecule has 0 saturated heterocycles. The number of carbonyl (C=O) groups excluding carboxylic acids is 1. The third-order valence-corrected chi connectivity index (χ3v) is 5.09. The molecule has 28 heavy (non-hydrogen) atoms. The average Bonchev–Trinajstić information content (AvgIpc) is 2.58. The van der Waals surface area contributed by atoms with Crippen molar-refractivity contribution in [3.63, 3.8) is 0 Å². The van der Waals surface area contributed by atoms with Crippen LogP contribution in [0.25, 0.3) is 0 Å². The van der Waals surface area contributed by atoms with Gasteiger partial charge < -0.3 is 19.7 Å². The van der Waals surface area contributed by atoms with Gasteiger partial charge in [-0.05, 0) is 41.9 Å². The molecule has 1 aliphatic heterocycles. The minimum absolute atomic E-state index is 0.169. The number of carbonyl (C=O) groups is 1. The number of nitro groups is 1. The molecule has 0 radical (unpaired) electrons. The Balaban J connectivity index is 2.27. The number of hydrogen-bond donors (Lipinski definition) is 2. The first-order chi connectivity index (χ1) is 13.0. The molecular weight excluding hydrogens is 434 g/mol. The molecule has 1 aliphatic rings. The maximum atomic E-state index is 12.8. The van der Waals surface area contributed by atoms with Crippen LogP contribution in [0, 0.1) is 10.1 Å². The van der Waals surface area contributed by atoms with E-state index in [0.29, 0.717) is 17.0 Å². The smallest absolute Gasteiger partial charge is 0.270 e. The molecule has 1 aromatic carbocycles. The van der Waals surface area contributed by atoms with Gasteiger partial charge in [-0.1, -0.05) is 0 Å². The van der Waals surface area contributed by atoms with E-state index in [4.69, 9.17) is 4.74 Å². The Labute approximate surface area is 168 Å². The van der Waals surface area contributed by atoms with Crippen molar-refractivity contribution in [2.45, 2.75) is 38.5 Å². The van der Waals surface area contributed by atoms with Crippen molar-refractivity contribution in [2.75, 3.05) is 5.32 Å². The second-order valence-corrected chi connectivity index (χ2v) is 7.90. The first kappa shape index (κ1) is 20.0. The summed E-state index contributed by atoms with van der Waals surface area (Å²) >= 11 is 3.17. The topological polar surface area (TPSA) is 124 Å². The van der Waals surface area contributed by atoms with Crippen LogP contribution in [-0.4, -0.2) is 32.2 Å². The number of aliphatic hydroxyl groups is 1. The summed E-state index contributed by atoms with van der Waals surface area (Å²) in [6, 6.07) is 4.52. The van der Waals surface area contributed by atoms with E-state index in [1.165, 1.54) is 42.0 Å². The lowest BCUT2D eigenvalue weighted by atomic mass is 9.86. The Morgan fingerprint density at radius 3 is 2.68 bits per heavy atom. The van der Waals surface area contributed by atoms with Crippen LogP contribution in [0.15, 0.2) is 39.7 Å². The number of hydrogen-bond acceptors (Lipinski definition) is 6. The van der Waals surface area contributed by atoms with E-state index in [1.54, 1.807) is 13.8 Å². The predicted octanol–water partition coefficient (Wildman–Crippen LogP) is 2.60. The monoisotopic (exact) mass is 451 g/mol. The number of non-ortho nitro benzene ring substituents is 1. The first-order valence-electron chi connectivity index (χ1n) is 8.36. The number of aliphatic hydroxyl groups excluding tert-OH is 1. The van der Waals surface area contributed by atoms with Crippen molar-refractivity contribution < 1.29 is 19.6 Å². The summed E-state index contributed by atoms with van der Waals surface area (Å²) in [5.41, 5.74) is -1.08. The van der Waals surface area contributed by atoms with E-state index in [0.717, 1.165) is 0 Å². The average molecular weight is 452 g/mol. The van der Waals surface area contributed by atoms with Gasteiger partial charge in [-0.15, -0.1) is 0 Å². The normalized spacial score (nSPS) is 20.0. The molecule has 0 saturated carbocycles. The van der Waals surface area contributed by atoms with Crippen molar-refractivity contribution in [3.8, 4) is 5.75 Å². The molecule has 2 N–H and O–H groups in total. The maximum absolute atomic E-state index is 12.8. The number of anilines is 1. The van der Waals surface area contributed by atoms with Crippen LogP contribution in [-0.2, 0) is 4.79 Å². The molecule has 0 aliphatic carbocycles. The van der Waals surface area contributed by atoms with E-state index in [9.17, 15) is 24.8 Å². The van der Waals surface area contributed by atoms with Gasteiger partial charge in [0.05, 0.1) is 21.1 Å². The van der Waals surface area contributed by atoms with E-state index in [-0.39, 0.29) is 16.1 Å². The molecule has 2 heterocycles. The fourth-order valence-electron chi connectivity index (χ4n) is 3.22. The molecule has 2 unspecified atom stereocenters. The van der Waals surface area contributed by atoms with Gasteiger partial charge in [-0.3, -0.25) is 19.7 Å². The summed E-state index contributed by atoms with van der Waals surface area (Å²) < 4.78 is 7.23. The number of nitro benzene ring substituents is 1. The van der Waals surface area contributed by atoms with Gasteiger partial charge in [-0.2, -0.15) is 0 Å². The Morgan fingerprint density at radius 1 is 1.39 bits per heavy atom. The third-order valence-electron chi connectivity index (χ3n) is 4.53. The number of halogens is 1. The largest absolute Gasteiger partial charge is 0.485 e. The molecule has 0 bridgehead atoms. The highest BCUT2D eigenvalue weighted by molar-refractivity contribution is 9.10. The van der Waals surface area contributed by atoms with Gasteiger partial charge in [-0.25, -0.2) is 0 Å². The summed E-state index contributed by atoms with van der Waals surface area (Å²) in [5.74, 6) is -0.000143. The van der Waals surface area contributed by atoms with Crippen LogP contribution < -0.4 is 15.6 Å². The Bertz CT molecular complexity index is 1030. The summed E-state index contributed by atoms with van der Waals surface area (Å²) in [6.07, 6.45) is 0.200. The quantitative estimate of drug-likeness (QED) is 0.545. The van der Waals surface area contributed by atoms with E-state index in [1.807, 2.05) is 0 Å². The van der Waals surface area contributed by atoms with Crippen molar-refractivity contribution in [3.05, 3.63) is 61.0 Å². The number of nitrogens with one attached hydrogen (secondary N) is 1. The van der Waals surface area contributed by atoms with E-state index in [2.05, 4.69) is 21.2 Å². The third kappa shape index (κ3) is 3.52. The molecule has 1 amide bonds. The number of aromatic nitrogens is 1. The molecule has 2 atom stereocenters. The lowest BCUT2D eigenvalue weighted by Gasteiger charge is -2.42. The first-order valence-corrected chi connectivity index (χ1v) is 9.15. The molecule has 0 fully saturated rings. The Kier molecular flexibility index (Phi) is 5.02. The van der Waals surface area contributed by atoms with Crippen LogP contribution in [0.3, 0.4) is 0 Å². The zero-order valence-corrected chi connectivity index (χ0v) is 16.9. The number of pyridine rings is 1. The van der Waals surface area contributed by atoms with Gasteiger partial charge in [0.25, 0.3) is 11.2 Å². The Morgan fingerprint density at radius 2 is 2.07 bits per heavy atom. The standard InChI is InChI=1S/C18H18BrN3O6/c1-9(23)20-10-6-13(19)17(25)21(8-10)15-12-7-11(22(26)27)4-5-14(12)28-18(2,3)16(15)24/h4-8,15-16,24H,1-3H3,(H,20,23). The molecule has 0 spiro atoms. The summed E-state index contributed by atoms with van der Waals surface area (Å²) in [5, 5.41) is 24.8. The lowest BCUT2D eigenvalue weighted by molar-refractivity contribution is -0.385. The number of rotatable bonds is 3. The van der Waals surface area contributed by atoms with Crippen LogP contribution in [0.5, 0.6) is 5.75 Å². The molecule has 148 valence electrons. The molecule has 10 heteroatoms.